The second kappa shape index (κ2) is 42.1. The molecule has 10 heteroatoms. The summed E-state index contributed by atoms with van der Waals surface area (Å²) < 4.78 is 32.7. The monoisotopic (exact) mass is 806 g/mol. The summed E-state index contributed by atoms with van der Waals surface area (Å²) in [6.07, 6.45) is 50.9. The van der Waals surface area contributed by atoms with E-state index in [4.69, 9.17) is 24.3 Å². The Morgan fingerprint density at radius 1 is 0.554 bits per heavy atom. The van der Waals surface area contributed by atoms with Crippen molar-refractivity contribution in [2.75, 3.05) is 26.4 Å². The van der Waals surface area contributed by atoms with Crippen molar-refractivity contribution in [2.45, 2.75) is 180 Å². The Labute approximate surface area is 341 Å². The minimum atomic E-state index is -4.39. The number of esters is 2. The lowest BCUT2D eigenvalue weighted by atomic mass is 10.0. The summed E-state index contributed by atoms with van der Waals surface area (Å²) in [4.78, 5) is 34.8. The molecule has 56 heavy (non-hydrogen) atoms. The van der Waals surface area contributed by atoms with Gasteiger partial charge in [0.1, 0.15) is 6.61 Å². The Hall–Kier alpha value is -2.55. The van der Waals surface area contributed by atoms with Crippen LogP contribution in [0.3, 0.4) is 0 Å². The van der Waals surface area contributed by atoms with E-state index in [1.54, 1.807) is 0 Å². The van der Waals surface area contributed by atoms with Crippen LogP contribution in [0.1, 0.15) is 174 Å². The maximum Gasteiger partial charge on any atom is 0.472 e. The van der Waals surface area contributed by atoms with E-state index < -0.39 is 32.5 Å². The Kier molecular flexibility index (Phi) is 40.2. The second-order valence-corrected chi connectivity index (χ2v) is 15.6. The van der Waals surface area contributed by atoms with E-state index in [1.807, 2.05) is 12.2 Å². The average Bonchev–Trinajstić information content (AvgIpc) is 3.18. The van der Waals surface area contributed by atoms with Gasteiger partial charge in [-0.2, -0.15) is 0 Å². The van der Waals surface area contributed by atoms with Crippen molar-refractivity contribution >= 4 is 19.8 Å². The Morgan fingerprint density at radius 2 is 0.982 bits per heavy atom. The SMILES string of the molecule is CC/C=C/C/C=C/C/C=C/C/C=C/C/C=C/C/C=C/CCC(=O)OC[C@H](COP(=O)(O)OCCN)OC(=O)CCCCCCCCCCCCCCCCCC. The van der Waals surface area contributed by atoms with Crippen LogP contribution in [0, 0.1) is 0 Å². The van der Waals surface area contributed by atoms with Gasteiger partial charge in [-0.05, 0) is 51.4 Å². The lowest BCUT2D eigenvalue weighted by Crippen LogP contribution is -2.29. The Morgan fingerprint density at radius 3 is 1.43 bits per heavy atom. The van der Waals surface area contributed by atoms with Gasteiger partial charge in [-0.15, -0.1) is 0 Å². The predicted molar refractivity (Wildman–Crippen MR) is 233 cm³/mol. The zero-order valence-corrected chi connectivity index (χ0v) is 36.2. The average molecular weight is 806 g/mol. The summed E-state index contributed by atoms with van der Waals surface area (Å²) in [6.45, 7) is 3.53. The highest BCUT2D eigenvalue weighted by molar-refractivity contribution is 7.47. The third-order valence-corrected chi connectivity index (χ3v) is 9.85. The van der Waals surface area contributed by atoms with Gasteiger partial charge in [0.05, 0.1) is 13.2 Å². The van der Waals surface area contributed by atoms with Gasteiger partial charge < -0.3 is 20.1 Å². The van der Waals surface area contributed by atoms with Crippen LogP contribution in [-0.4, -0.2) is 49.3 Å². The minimum absolute atomic E-state index is 0.0417. The molecular formula is C46H80NO8P. The lowest BCUT2D eigenvalue weighted by molar-refractivity contribution is -0.161. The number of hydrogen-bond donors (Lipinski definition) is 2. The molecule has 0 aliphatic rings. The van der Waals surface area contributed by atoms with Crippen molar-refractivity contribution in [3.05, 3.63) is 72.9 Å². The van der Waals surface area contributed by atoms with Crippen LogP contribution in [0.15, 0.2) is 72.9 Å². The normalized spacial score (nSPS) is 14.0. The molecule has 0 aromatic heterocycles. The smallest absolute Gasteiger partial charge is 0.462 e. The first kappa shape index (κ1) is 53.5. The molecule has 9 nitrogen and oxygen atoms in total. The van der Waals surface area contributed by atoms with E-state index in [9.17, 15) is 19.0 Å². The van der Waals surface area contributed by atoms with Crippen LogP contribution >= 0.6 is 7.82 Å². The van der Waals surface area contributed by atoms with Gasteiger partial charge in [0.15, 0.2) is 6.10 Å². The molecule has 0 aromatic rings. The van der Waals surface area contributed by atoms with E-state index in [1.165, 1.54) is 77.0 Å². The van der Waals surface area contributed by atoms with Gasteiger partial charge in [0, 0.05) is 19.4 Å². The number of ether oxygens (including phenoxy) is 2. The van der Waals surface area contributed by atoms with E-state index in [0.717, 1.165) is 57.8 Å². The van der Waals surface area contributed by atoms with Crippen molar-refractivity contribution in [2.24, 2.45) is 5.73 Å². The fourth-order valence-corrected chi connectivity index (χ4v) is 6.43. The Balaban J connectivity index is 4.27. The van der Waals surface area contributed by atoms with Gasteiger partial charge in [0.2, 0.25) is 0 Å². The van der Waals surface area contributed by atoms with Gasteiger partial charge in [-0.25, -0.2) is 4.57 Å². The van der Waals surface area contributed by atoms with Crippen LogP contribution in [0.4, 0.5) is 0 Å². The van der Waals surface area contributed by atoms with E-state index >= 15 is 0 Å². The lowest BCUT2D eigenvalue weighted by Gasteiger charge is -2.19. The maximum atomic E-state index is 12.6. The van der Waals surface area contributed by atoms with Crippen LogP contribution < -0.4 is 5.73 Å². The molecule has 0 heterocycles. The van der Waals surface area contributed by atoms with Crippen molar-refractivity contribution < 1.29 is 37.6 Å². The number of hydrogen-bond acceptors (Lipinski definition) is 8. The molecule has 0 aliphatic heterocycles. The molecule has 0 bridgehead atoms. The molecule has 3 N–H and O–H groups in total. The van der Waals surface area contributed by atoms with Crippen LogP contribution in [0.25, 0.3) is 0 Å². The van der Waals surface area contributed by atoms with Gasteiger partial charge >= 0.3 is 19.8 Å². The first-order valence-corrected chi connectivity index (χ1v) is 23.4. The molecule has 2 atom stereocenters. The molecule has 0 aromatic carbocycles. The van der Waals surface area contributed by atoms with E-state index in [2.05, 4.69) is 74.6 Å². The number of allylic oxidation sites excluding steroid dienone is 12. The van der Waals surface area contributed by atoms with Crippen molar-refractivity contribution in [1.29, 1.82) is 0 Å². The minimum Gasteiger partial charge on any atom is -0.462 e. The molecule has 0 radical (unpaired) electrons. The summed E-state index contributed by atoms with van der Waals surface area (Å²) in [5, 5.41) is 0. The number of carbonyl (C=O) groups excluding carboxylic acids is 2. The highest BCUT2D eigenvalue weighted by Crippen LogP contribution is 2.43. The molecule has 0 fully saturated rings. The number of unbranched alkanes of at least 4 members (excludes halogenated alkanes) is 15. The summed E-state index contributed by atoms with van der Waals surface area (Å²) in [7, 11) is -4.39. The quantitative estimate of drug-likeness (QED) is 0.0268. The highest BCUT2D eigenvalue weighted by atomic mass is 31.2. The predicted octanol–water partition coefficient (Wildman–Crippen LogP) is 12.7. The molecule has 0 amide bonds. The largest absolute Gasteiger partial charge is 0.472 e. The summed E-state index contributed by atoms with van der Waals surface area (Å²) in [6, 6.07) is 0. The van der Waals surface area contributed by atoms with Crippen LogP contribution in [0.5, 0.6) is 0 Å². The molecule has 0 spiro atoms. The zero-order valence-electron chi connectivity index (χ0n) is 35.3. The molecular weight excluding hydrogens is 725 g/mol. The number of nitrogens with two attached hydrogens (primary N) is 1. The summed E-state index contributed by atoms with van der Waals surface area (Å²) in [5.41, 5.74) is 5.34. The zero-order chi connectivity index (χ0) is 41.1. The summed E-state index contributed by atoms with van der Waals surface area (Å²) >= 11 is 0. The van der Waals surface area contributed by atoms with Gasteiger partial charge in [0.25, 0.3) is 0 Å². The Bertz CT molecular complexity index is 1150. The highest BCUT2D eigenvalue weighted by Gasteiger charge is 2.25. The second-order valence-electron chi connectivity index (χ2n) is 14.2. The topological polar surface area (TPSA) is 134 Å². The molecule has 0 rings (SSSR count). The third kappa shape index (κ3) is 41.1. The first-order chi connectivity index (χ1) is 27.3. The third-order valence-electron chi connectivity index (χ3n) is 8.87. The van der Waals surface area contributed by atoms with Gasteiger partial charge in [-0.3, -0.25) is 18.6 Å². The van der Waals surface area contributed by atoms with Crippen molar-refractivity contribution in [1.82, 2.24) is 0 Å². The standard InChI is InChI=1S/C46H80NO8P/c1-3-5-7-9-11-13-15-17-19-21-22-23-25-26-28-30-32-34-36-38-45(48)52-42-44(43-54-56(50,51)53-41-40-47)55-46(49)39-37-35-33-31-29-27-24-20-18-16-14-12-10-8-6-4-2/h5,7,11,13,17,19,22-23,26,28,32,34,44H,3-4,6,8-10,12,14-16,18,20-21,24-25,27,29-31,33,35-43,47H2,1-2H3,(H,50,51)/b7-5+,13-11+,19-17+,23-22+,28-26+,34-32+/t44-/m1/s1. The number of carbonyl (C=O) groups is 2. The number of rotatable bonds is 40. The van der Waals surface area contributed by atoms with Crippen molar-refractivity contribution in [3.8, 4) is 0 Å². The van der Waals surface area contributed by atoms with Gasteiger partial charge in [-0.1, -0.05) is 183 Å². The van der Waals surface area contributed by atoms with E-state index in [-0.39, 0.29) is 32.6 Å². The molecule has 0 saturated heterocycles. The fourth-order valence-electron chi connectivity index (χ4n) is 5.66. The number of phosphoric acid groups is 1. The number of phosphoric ester groups is 1. The molecule has 0 aliphatic carbocycles. The molecule has 322 valence electrons. The first-order valence-electron chi connectivity index (χ1n) is 21.9. The summed E-state index contributed by atoms with van der Waals surface area (Å²) in [5.74, 6) is -0.927. The maximum absolute atomic E-state index is 12.6. The molecule has 0 saturated carbocycles. The molecule has 1 unspecified atom stereocenters. The van der Waals surface area contributed by atoms with Crippen LogP contribution in [0.2, 0.25) is 0 Å². The van der Waals surface area contributed by atoms with E-state index in [0.29, 0.717) is 12.8 Å². The van der Waals surface area contributed by atoms with Crippen LogP contribution in [-0.2, 0) is 32.7 Å². The fraction of sp³-hybridized carbons (Fsp3) is 0.696. The van der Waals surface area contributed by atoms with Crippen molar-refractivity contribution in [3.63, 3.8) is 0 Å².